The van der Waals surface area contributed by atoms with Crippen molar-refractivity contribution in [2.24, 2.45) is 5.92 Å². The van der Waals surface area contributed by atoms with E-state index in [1.165, 1.54) is 0 Å². The van der Waals surface area contributed by atoms with E-state index in [1.54, 1.807) is 12.0 Å². The van der Waals surface area contributed by atoms with Gasteiger partial charge in [-0.15, -0.1) is 0 Å². The van der Waals surface area contributed by atoms with Gasteiger partial charge in [0.15, 0.2) is 0 Å². The largest absolute Gasteiger partial charge is 0.481 e. The lowest BCUT2D eigenvalue weighted by Gasteiger charge is -2.32. The summed E-state index contributed by atoms with van der Waals surface area (Å²) in [5.41, 5.74) is 0. The lowest BCUT2D eigenvalue weighted by Crippen LogP contribution is -2.46. The number of rotatable bonds is 9. The van der Waals surface area contributed by atoms with Gasteiger partial charge in [-0.1, -0.05) is 0 Å². The van der Waals surface area contributed by atoms with Crippen LogP contribution in [0.3, 0.4) is 0 Å². The summed E-state index contributed by atoms with van der Waals surface area (Å²) < 4.78 is 10.1. The highest BCUT2D eigenvalue weighted by molar-refractivity contribution is 5.74. The Morgan fingerprint density at radius 3 is 2.86 bits per heavy atom. The summed E-state index contributed by atoms with van der Waals surface area (Å²) in [6.07, 6.45) is 2.74. The van der Waals surface area contributed by atoms with Crippen molar-refractivity contribution in [2.45, 2.75) is 25.7 Å². The van der Waals surface area contributed by atoms with Gasteiger partial charge >= 0.3 is 12.0 Å². The average Bonchev–Trinajstić information content (AvgIpc) is 2.48. The van der Waals surface area contributed by atoms with Crippen LogP contribution in [0.4, 0.5) is 4.79 Å². The second-order valence-corrected chi connectivity index (χ2v) is 5.22. The normalized spacial score (nSPS) is 18.5. The van der Waals surface area contributed by atoms with Gasteiger partial charge in [0.25, 0.3) is 0 Å². The van der Waals surface area contributed by atoms with E-state index in [-0.39, 0.29) is 12.5 Å². The molecule has 7 nitrogen and oxygen atoms in total. The number of nitrogens with zero attached hydrogens (tertiary/aromatic N) is 1. The first-order chi connectivity index (χ1) is 10.1. The molecule has 21 heavy (non-hydrogen) atoms. The Bertz CT molecular complexity index is 324. The fourth-order valence-electron chi connectivity index (χ4n) is 2.40. The van der Waals surface area contributed by atoms with E-state index in [0.717, 1.165) is 19.4 Å². The second kappa shape index (κ2) is 10.4. The molecule has 0 spiro atoms. The Labute approximate surface area is 125 Å². The predicted molar refractivity (Wildman–Crippen MR) is 77.3 cm³/mol. The highest BCUT2D eigenvalue weighted by Gasteiger charge is 2.23. The summed E-state index contributed by atoms with van der Waals surface area (Å²) in [6.45, 7) is 3.38. The zero-order chi connectivity index (χ0) is 15.5. The Hall–Kier alpha value is -1.34. The fourth-order valence-corrected chi connectivity index (χ4v) is 2.40. The van der Waals surface area contributed by atoms with Gasteiger partial charge in [0.2, 0.25) is 0 Å². The number of carbonyl (C=O) groups is 2. The molecule has 2 N–H and O–H groups in total. The van der Waals surface area contributed by atoms with Crippen LogP contribution < -0.4 is 5.32 Å². The molecule has 0 radical (unpaired) electrons. The van der Waals surface area contributed by atoms with Crippen LogP contribution in [0.15, 0.2) is 0 Å². The maximum atomic E-state index is 12.0. The van der Waals surface area contributed by atoms with E-state index in [0.29, 0.717) is 45.2 Å². The van der Waals surface area contributed by atoms with Crippen LogP contribution in [0, 0.1) is 5.92 Å². The summed E-state index contributed by atoms with van der Waals surface area (Å²) in [4.78, 5) is 24.3. The molecule has 1 aliphatic rings. The topological polar surface area (TPSA) is 88.1 Å². The van der Waals surface area contributed by atoms with Gasteiger partial charge in [0, 0.05) is 33.2 Å². The smallest absolute Gasteiger partial charge is 0.317 e. The third-order valence-electron chi connectivity index (χ3n) is 3.53. The monoisotopic (exact) mass is 302 g/mol. The number of carboxylic acids is 1. The molecule has 7 heteroatoms. The van der Waals surface area contributed by atoms with Crippen LogP contribution in [-0.4, -0.2) is 68.6 Å². The number of carboxylic acid groups (broad SMARTS) is 1. The quantitative estimate of drug-likeness (QED) is 0.619. The predicted octanol–water partition coefficient (Wildman–Crippen LogP) is 0.936. The molecular weight excluding hydrogens is 276 g/mol. The lowest BCUT2D eigenvalue weighted by molar-refractivity contribution is -0.137. The Morgan fingerprint density at radius 1 is 1.33 bits per heavy atom. The summed E-state index contributed by atoms with van der Waals surface area (Å²) in [6, 6.07) is -0.0923. The number of hydrogen-bond donors (Lipinski definition) is 2. The molecule has 0 aromatic rings. The summed E-state index contributed by atoms with van der Waals surface area (Å²) in [5, 5.41) is 11.5. The van der Waals surface area contributed by atoms with Crippen molar-refractivity contribution >= 4 is 12.0 Å². The standard InChI is InChI=1S/C14H26N2O5/c1-20-9-10-21-8-6-15-14(19)16-7-2-3-12(11-16)4-5-13(17)18/h12H,2-11H2,1H3,(H,15,19)(H,17,18). The van der Waals surface area contributed by atoms with Crippen LogP contribution in [0.2, 0.25) is 0 Å². The zero-order valence-electron chi connectivity index (χ0n) is 12.7. The van der Waals surface area contributed by atoms with Crippen LogP contribution in [0.1, 0.15) is 25.7 Å². The minimum absolute atomic E-state index is 0.0923. The SMILES string of the molecule is COCCOCCNC(=O)N1CCCC(CCC(=O)O)C1. The first-order valence-electron chi connectivity index (χ1n) is 7.44. The average molecular weight is 302 g/mol. The van der Waals surface area contributed by atoms with Crippen molar-refractivity contribution in [2.75, 3.05) is 46.6 Å². The van der Waals surface area contributed by atoms with E-state index < -0.39 is 5.97 Å². The molecule has 1 rings (SSSR count). The van der Waals surface area contributed by atoms with Crippen molar-refractivity contribution in [3.05, 3.63) is 0 Å². The summed E-state index contributed by atoms with van der Waals surface area (Å²) >= 11 is 0. The second-order valence-electron chi connectivity index (χ2n) is 5.22. The van der Waals surface area contributed by atoms with Crippen molar-refractivity contribution in [1.82, 2.24) is 10.2 Å². The van der Waals surface area contributed by atoms with Crippen molar-refractivity contribution in [3.63, 3.8) is 0 Å². The van der Waals surface area contributed by atoms with E-state index >= 15 is 0 Å². The van der Waals surface area contributed by atoms with Gasteiger partial charge in [-0.05, 0) is 25.2 Å². The number of aliphatic carboxylic acids is 1. The number of piperidine rings is 1. The molecule has 1 unspecified atom stereocenters. The van der Waals surface area contributed by atoms with Gasteiger partial charge in [-0.3, -0.25) is 4.79 Å². The van der Waals surface area contributed by atoms with Gasteiger partial charge < -0.3 is 24.8 Å². The van der Waals surface area contributed by atoms with Gasteiger partial charge in [-0.25, -0.2) is 4.79 Å². The van der Waals surface area contributed by atoms with E-state index in [4.69, 9.17) is 14.6 Å². The minimum Gasteiger partial charge on any atom is -0.481 e. The number of nitrogens with one attached hydrogen (secondary N) is 1. The molecule has 0 saturated carbocycles. The molecule has 1 heterocycles. The van der Waals surface area contributed by atoms with Crippen molar-refractivity contribution < 1.29 is 24.2 Å². The zero-order valence-corrected chi connectivity index (χ0v) is 12.7. The van der Waals surface area contributed by atoms with Crippen LogP contribution in [-0.2, 0) is 14.3 Å². The first-order valence-corrected chi connectivity index (χ1v) is 7.44. The summed E-state index contributed by atoms with van der Waals surface area (Å²) in [7, 11) is 1.61. The first kappa shape index (κ1) is 17.7. The third-order valence-corrected chi connectivity index (χ3v) is 3.53. The molecule has 1 aliphatic heterocycles. The van der Waals surface area contributed by atoms with Crippen LogP contribution in [0.5, 0.6) is 0 Å². The Balaban J connectivity index is 2.16. The maximum absolute atomic E-state index is 12.0. The van der Waals surface area contributed by atoms with Crippen LogP contribution >= 0.6 is 0 Å². The van der Waals surface area contributed by atoms with E-state index in [2.05, 4.69) is 5.32 Å². The highest BCUT2D eigenvalue weighted by Crippen LogP contribution is 2.20. The highest BCUT2D eigenvalue weighted by atomic mass is 16.5. The number of carbonyl (C=O) groups excluding carboxylic acids is 1. The number of hydrogen-bond acceptors (Lipinski definition) is 4. The molecule has 0 aliphatic carbocycles. The molecule has 0 bridgehead atoms. The van der Waals surface area contributed by atoms with Gasteiger partial charge in [0.05, 0.1) is 19.8 Å². The Kier molecular flexibility index (Phi) is 8.77. The number of methoxy groups -OCH3 is 1. The minimum atomic E-state index is -0.773. The molecule has 2 amide bonds. The summed E-state index contributed by atoms with van der Waals surface area (Å²) in [5.74, 6) is -0.483. The lowest BCUT2D eigenvalue weighted by atomic mass is 9.93. The number of ether oxygens (including phenoxy) is 2. The molecule has 1 saturated heterocycles. The fraction of sp³-hybridized carbons (Fsp3) is 0.857. The molecule has 122 valence electrons. The van der Waals surface area contributed by atoms with Crippen molar-refractivity contribution in [1.29, 1.82) is 0 Å². The van der Waals surface area contributed by atoms with Gasteiger partial charge in [0.1, 0.15) is 0 Å². The number of amides is 2. The third kappa shape index (κ3) is 7.87. The Morgan fingerprint density at radius 2 is 2.14 bits per heavy atom. The maximum Gasteiger partial charge on any atom is 0.317 e. The molecular formula is C14H26N2O5. The number of urea groups is 1. The van der Waals surface area contributed by atoms with E-state index in [1.807, 2.05) is 0 Å². The van der Waals surface area contributed by atoms with Crippen LogP contribution in [0.25, 0.3) is 0 Å². The molecule has 0 aromatic carbocycles. The van der Waals surface area contributed by atoms with Gasteiger partial charge in [-0.2, -0.15) is 0 Å². The molecule has 0 aromatic heterocycles. The number of likely N-dealkylation sites (tertiary alicyclic amines) is 1. The molecule has 1 atom stereocenters. The van der Waals surface area contributed by atoms with E-state index in [9.17, 15) is 9.59 Å². The molecule has 1 fully saturated rings. The van der Waals surface area contributed by atoms with Crippen molar-refractivity contribution in [3.8, 4) is 0 Å².